The molecule has 9 heteroatoms. The average molecular weight is 510 g/mol. The minimum atomic E-state index is -3.00. The number of hydrogen-bond donors (Lipinski definition) is 1. The van der Waals surface area contributed by atoms with Crippen molar-refractivity contribution in [2.24, 2.45) is 4.99 Å². The molecule has 156 valence electrons. The molecule has 28 heavy (non-hydrogen) atoms. The second-order valence-electron chi connectivity index (χ2n) is 6.58. The van der Waals surface area contributed by atoms with E-state index in [-0.39, 0.29) is 41.8 Å². The van der Waals surface area contributed by atoms with Crippen molar-refractivity contribution in [1.82, 2.24) is 15.1 Å². The highest BCUT2D eigenvalue weighted by Gasteiger charge is 2.29. The number of rotatable bonds is 6. The molecule has 3 rings (SSSR count). The van der Waals surface area contributed by atoms with Crippen LogP contribution >= 0.6 is 24.0 Å². The van der Waals surface area contributed by atoms with E-state index < -0.39 is 12.4 Å². The molecule has 0 radical (unpaired) electrons. The summed E-state index contributed by atoms with van der Waals surface area (Å²) in [6.45, 7) is 3.19. The predicted octanol–water partition coefficient (Wildman–Crippen LogP) is 3.46. The van der Waals surface area contributed by atoms with Crippen LogP contribution in [0.5, 0.6) is 5.75 Å². The molecule has 0 saturated carbocycles. The van der Waals surface area contributed by atoms with E-state index in [1.807, 2.05) is 6.92 Å². The van der Waals surface area contributed by atoms with Crippen molar-refractivity contribution in [2.75, 3.05) is 32.7 Å². The van der Waals surface area contributed by atoms with E-state index in [0.29, 0.717) is 18.5 Å². The molecule has 0 bridgehead atoms. The van der Waals surface area contributed by atoms with Crippen LogP contribution in [0.4, 0.5) is 13.2 Å². The number of alkyl halides is 2. The number of benzene rings is 1. The van der Waals surface area contributed by atoms with E-state index in [1.54, 1.807) is 0 Å². The molecule has 0 amide bonds. The van der Waals surface area contributed by atoms with Gasteiger partial charge in [-0.15, -0.1) is 24.0 Å². The number of nitrogens with one attached hydrogen (secondary N) is 1. The molecule has 2 heterocycles. The van der Waals surface area contributed by atoms with Gasteiger partial charge in [-0.1, -0.05) is 18.2 Å². The highest BCUT2D eigenvalue weighted by molar-refractivity contribution is 14.0. The third-order valence-corrected chi connectivity index (χ3v) is 4.84. The topological polar surface area (TPSA) is 40.1 Å². The molecule has 2 aliphatic heterocycles. The first-order valence-electron chi connectivity index (χ1n) is 9.23. The minimum absolute atomic E-state index is 0. The Morgan fingerprint density at radius 2 is 2.07 bits per heavy atom. The largest absolute Gasteiger partial charge is 0.434 e. The van der Waals surface area contributed by atoms with E-state index in [0.717, 1.165) is 32.6 Å². The van der Waals surface area contributed by atoms with Gasteiger partial charge in [0.1, 0.15) is 11.6 Å². The van der Waals surface area contributed by atoms with Crippen molar-refractivity contribution in [3.63, 3.8) is 0 Å². The van der Waals surface area contributed by atoms with Gasteiger partial charge in [-0.25, -0.2) is 9.38 Å². The van der Waals surface area contributed by atoms with Crippen molar-refractivity contribution in [1.29, 1.82) is 0 Å². The second-order valence-corrected chi connectivity index (χ2v) is 6.58. The molecule has 1 fully saturated rings. The fourth-order valence-corrected chi connectivity index (χ4v) is 3.50. The molecular formula is C19H26F3IN4O. The summed E-state index contributed by atoms with van der Waals surface area (Å²) in [6, 6.07) is 4.36. The van der Waals surface area contributed by atoms with Gasteiger partial charge in [-0.2, -0.15) is 8.78 Å². The third-order valence-electron chi connectivity index (χ3n) is 4.84. The van der Waals surface area contributed by atoms with Crippen LogP contribution < -0.4 is 10.1 Å². The molecule has 1 aromatic carbocycles. The van der Waals surface area contributed by atoms with Crippen molar-refractivity contribution < 1.29 is 17.9 Å². The quantitative estimate of drug-likeness (QED) is 0.276. The van der Waals surface area contributed by atoms with Crippen LogP contribution in [0.2, 0.25) is 0 Å². The zero-order chi connectivity index (χ0) is 19.2. The summed E-state index contributed by atoms with van der Waals surface area (Å²) in [7, 11) is 0. The summed E-state index contributed by atoms with van der Waals surface area (Å²) in [5.41, 5.74) is 0.0349. The van der Waals surface area contributed by atoms with Crippen LogP contribution in [-0.2, 0) is 6.54 Å². The molecule has 1 atom stereocenters. The smallest absolute Gasteiger partial charge is 0.387 e. The van der Waals surface area contributed by atoms with Crippen molar-refractivity contribution in [3.8, 4) is 5.75 Å². The van der Waals surface area contributed by atoms with Gasteiger partial charge in [0, 0.05) is 38.8 Å². The number of likely N-dealkylation sites (tertiary alicyclic amines) is 1. The van der Waals surface area contributed by atoms with Gasteiger partial charge in [0.05, 0.1) is 12.1 Å². The summed E-state index contributed by atoms with van der Waals surface area (Å²) in [5, 5.41) is 3.22. The maximum Gasteiger partial charge on any atom is 0.387 e. The number of guanidine groups is 1. The summed E-state index contributed by atoms with van der Waals surface area (Å²) < 4.78 is 43.7. The zero-order valence-electron chi connectivity index (χ0n) is 15.8. The maximum atomic E-state index is 14.1. The normalized spacial score (nSPS) is 20.0. The van der Waals surface area contributed by atoms with E-state index >= 15 is 0 Å². The van der Waals surface area contributed by atoms with Crippen LogP contribution in [0, 0.1) is 5.82 Å². The van der Waals surface area contributed by atoms with Gasteiger partial charge in [0.15, 0.2) is 5.96 Å². The molecule has 0 aromatic heterocycles. The van der Waals surface area contributed by atoms with Gasteiger partial charge in [-0.3, -0.25) is 4.90 Å². The lowest BCUT2D eigenvalue weighted by atomic mass is 10.2. The zero-order valence-corrected chi connectivity index (χ0v) is 18.1. The average Bonchev–Trinajstić information content (AvgIpc) is 3.31. The van der Waals surface area contributed by atoms with Gasteiger partial charge in [-0.05, 0) is 25.5 Å². The van der Waals surface area contributed by atoms with Gasteiger partial charge < -0.3 is 15.0 Å². The number of nitrogens with zero attached hydrogens (tertiary/aromatic N) is 3. The lowest BCUT2D eigenvalue weighted by Crippen LogP contribution is -2.42. The van der Waals surface area contributed by atoms with Gasteiger partial charge >= 0.3 is 6.61 Å². The highest BCUT2D eigenvalue weighted by atomic mass is 127. The molecule has 1 aromatic rings. The molecule has 0 aliphatic carbocycles. The third kappa shape index (κ3) is 5.76. The molecule has 1 unspecified atom stereocenters. The van der Waals surface area contributed by atoms with Crippen LogP contribution in [-0.4, -0.2) is 61.1 Å². The number of hydrogen-bond acceptors (Lipinski definition) is 3. The SMILES string of the molecule is CCNC(=NCc1c(F)cccc1OC(F)F)N1CCC(N2CC=CC2)C1.I. The van der Waals surface area contributed by atoms with Gasteiger partial charge in [0.2, 0.25) is 0 Å². The Morgan fingerprint density at radius 3 is 2.75 bits per heavy atom. The van der Waals surface area contributed by atoms with E-state index in [1.165, 1.54) is 18.2 Å². The van der Waals surface area contributed by atoms with E-state index in [4.69, 9.17) is 0 Å². The number of halogens is 4. The molecule has 1 saturated heterocycles. The molecular weight excluding hydrogens is 484 g/mol. The van der Waals surface area contributed by atoms with Crippen molar-refractivity contribution >= 4 is 29.9 Å². The Balaban J connectivity index is 0.00000280. The summed E-state index contributed by atoms with van der Waals surface area (Å²) >= 11 is 0. The molecule has 2 aliphatic rings. The first kappa shape index (κ1) is 22.8. The molecule has 1 N–H and O–H groups in total. The van der Waals surface area contributed by atoms with Crippen LogP contribution in [0.3, 0.4) is 0 Å². The maximum absolute atomic E-state index is 14.1. The van der Waals surface area contributed by atoms with Crippen LogP contribution in [0.1, 0.15) is 18.9 Å². The Hall–Kier alpha value is -1.49. The molecule has 0 spiro atoms. The van der Waals surface area contributed by atoms with Crippen molar-refractivity contribution in [2.45, 2.75) is 32.5 Å². The monoisotopic (exact) mass is 510 g/mol. The van der Waals surface area contributed by atoms with E-state index in [9.17, 15) is 13.2 Å². The summed E-state index contributed by atoms with van der Waals surface area (Å²) in [5.74, 6) is -0.111. The van der Waals surface area contributed by atoms with E-state index in [2.05, 4.69) is 37.0 Å². The fraction of sp³-hybridized carbons (Fsp3) is 0.526. The summed E-state index contributed by atoms with van der Waals surface area (Å²) in [6.07, 6.45) is 5.38. The summed E-state index contributed by atoms with van der Waals surface area (Å²) in [4.78, 5) is 9.04. The lowest BCUT2D eigenvalue weighted by Gasteiger charge is -2.25. The van der Waals surface area contributed by atoms with Gasteiger partial charge in [0.25, 0.3) is 0 Å². The Morgan fingerprint density at radius 1 is 1.32 bits per heavy atom. The Labute approximate surface area is 180 Å². The standard InChI is InChI=1S/C19H25F3N4O.HI/c1-2-23-19(26-11-8-14(13-26)25-9-3-4-10-25)24-12-15-16(20)6-5-7-17(15)27-18(21)22;/h3-7,14,18H,2,8-13H2,1H3,(H,23,24);1H. The first-order valence-corrected chi connectivity index (χ1v) is 9.23. The lowest BCUT2D eigenvalue weighted by molar-refractivity contribution is -0.0506. The highest BCUT2D eigenvalue weighted by Crippen LogP contribution is 2.25. The Kier molecular flexibility index (Phi) is 8.87. The second kappa shape index (κ2) is 10.9. The number of aliphatic imine (C=N–C) groups is 1. The first-order chi connectivity index (χ1) is 13.1. The van der Waals surface area contributed by atoms with Crippen molar-refractivity contribution in [3.05, 3.63) is 41.7 Å². The number of ether oxygens (including phenoxy) is 1. The Bertz CT molecular complexity index is 694. The molecule has 5 nitrogen and oxygen atoms in total. The van der Waals surface area contributed by atoms with Crippen LogP contribution in [0.25, 0.3) is 0 Å². The fourth-order valence-electron chi connectivity index (χ4n) is 3.50. The minimum Gasteiger partial charge on any atom is -0.434 e. The van der Waals surface area contributed by atoms with Crippen LogP contribution in [0.15, 0.2) is 35.3 Å². The predicted molar refractivity (Wildman–Crippen MR) is 114 cm³/mol.